The highest BCUT2D eigenvalue weighted by Crippen LogP contribution is 2.30. The van der Waals surface area contributed by atoms with Crippen LogP contribution in [0.15, 0.2) is 30.3 Å². The lowest BCUT2D eigenvalue weighted by Crippen LogP contribution is -2.54. The van der Waals surface area contributed by atoms with E-state index in [1.54, 1.807) is 0 Å². The molecule has 1 atom stereocenters. The Morgan fingerprint density at radius 3 is 2.45 bits per heavy atom. The number of fused-ring (bicyclic) bond motifs is 1. The Bertz CT molecular complexity index is 889. The van der Waals surface area contributed by atoms with Gasteiger partial charge >= 0.3 is 0 Å². The minimum absolute atomic E-state index is 0.126. The van der Waals surface area contributed by atoms with Crippen LogP contribution in [0.5, 0.6) is 0 Å². The van der Waals surface area contributed by atoms with Crippen LogP contribution in [0.1, 0.15) is 43.8 Å². The third-order valence-corrected chi connectivity index (χ3v) is 6.04. The van der Waals surface area contributed by atoms with Crippen molar-refractivity contribution < 1.29 is 4.79 Å². The van der Waals surface area contributed by atoms with Crippen LogP contribution < -0.4 is 9.80 Å². The molecule has 0 radical (unpaired) electrons. The molecule has 1 saturated heterocycles. The first-order chi connectivity index (χ1) is 13.9. The summed E-state index contributed by atoms with van der Waals surface area (Å²) in [5, 5.41) is 0. The second kappa shape index (κ2) is 8.01. The number of nitrogens with zero attached hydrogens (tertiary/aromatic N) is 5. The summed E-state index contributed by atoms with van der Waals surface area (Å²) in [6.07, 6.45) is 1.02. The van der Waals surface area contributed by atoms with Gasteiger partial charge in [0, 0.05) is 56.1 Å². The number of para-hydroxylation sites is 1. The van der Waals surface area contributed by atoms with Gasteiger partial charge in [-0.05, 0) is 31.9 Å². The summed E-state index contributed by atoms with van der Waals surface area (Å²) in [5.41, 5.74) is 3.56. The average molecular weight is 394 g/mol. The van der Waals surface area contributed by atoms with Crippen LogP contribution in [-0.2, 0) is 11.2 Å². The van der Waals surface area contributed by atoms with Crippen molar-refractivity contribution >= 4 is 17.4 Å². The molecule has 2 aliphatic heterocycles. The third-order valence-electron chi connectivity index (χ3n) is 6.04. The second-order valence-electron chi connectivity index (χ2n) is 8.44. The Kier molecular flexibility index (Phi) is 5.43. The van der Waals surface area contributed by atoms with Crippen LogP contribution in [0.2, 0.25) is 0 Å². The van der Waals surface area contributed by atoms with Gasteiger partial charge in [-0.3, -0.25) is 4.79 Å². The summed E-state index contributed by atoms with van der Waals surface area (Å²) in [4.78, 5) is 29.0. The van der Waals surface area contributed by atoms with Crippen LogP contribution in [-0.4, -0.2) is 59.5 Å². The fraction of sp³-hybridized carbons (Fsp3) is 0.522. The van der Waals surface area contributed by atoms with Crippen molar-refractivity contribution in [3.8, 4) is 0 Å². The molecule has 2 aromatic rings. The summed E-state index contributed by atoms with van der Waals surface area (Å²) in [6, 6.07) is 10.4. The predicted octanol–water partition coefficient (Wildman–Crippen LogP) is 3.01. The Morgan fingerprint density at radius 2 is 1.72 bits per heavy atom. The molecular weight excluding hydrogens is 362 g/mol. The molecule has 2 aliphatic rings. The van der Waals surface area contributed by atoms with Crippen molar-refractivity contribution in [2.75, 3.05) is 42.5 Å². The molecule has 154 valence electrons. The molecule has 4 rings (SSSR count). The standard InChI is InChI=1S/C23H31N5O/c1-16(2)22-24-17(3)15-21(25-22)26-11-13-27(14-12-26)23(29)18(4)28-10-9-19-7-5-6-8-20(19)28/h5-8,15-16,18H,9-14H2,1-4H3/t18-/m1/s1. The third kappa shape index (κ3) is 3.93. The number of aromatic nitrogens is 2. The quantitative estimate of drug-likeness (QED) is 0.799. The maximum Gasteiger partial charge on any atom is 0.245 e. The summed E-state index contributed by atoms with van der Waals surface area (Å²) in [7, 11) is 0. The lowest BCUT2D eigenvalue weighted by Gasteiger charge is -2.38. The number of hydrogen-bond donors (Lipinski definition) is 0. The van der Waals surface area contributed by atoms with E-state index < -0.39 is 0 Å². The summed E-state index contributed by atoms with van der Waals surface area (Å²) in [6.45, 7) is 12.3. The first kappa shape index (κ1) is 19.7. The van der Waals surface area contributed by atoms with Gasteiger partial charge in [-0.1, -0.05) is 32.0 Å². The average Bonchev–Trinajstić information content (AvgIpc) is 3.16. The number of piperazine rings is 1. The number of aryl methyl sites for hydroxylation is 1. The fourth-order valence-electron chi connectivity index (χ4n) is 4.31. The van der Waals surface area contributed by atoms with Gasteiger partial charge in [0.2, 0.25) is 5.91 Å². The predicted molar refractivity (Wildman–Crippen MR) is 117 cm³/mol. The van der Waals surface area contributed by atoms with E-state index >= 15 is 0 Å². The molecule has 0 saturated carbocycles. The molecule has 29 heavy (non-hydrogen) atoms. The molecule has 0 bridgehead atoms. The Labute approximate surface area is 173 Å². The monoisotopic (exact) mass is 393 g/mol. The van der Waals surface area contributed by atoms with Crippen molar-refractivity contribution in [1.82, 2.24) is 14.9 Å². The van der Waals surface area contributed by atoms with Crippen molar-refractivity contribution in [2.24, 2.45) is 0 Å². The van der Waals surface area contributed by atoms with Crippen LogP contribution in [0.3, 0.4) is 0 Å². The van der Waals surface area contributed by atoms with E-state index in [4.69, 9.17) is 4.98 Å². The molecule has 1 aromatic carbocycles. The molecule has 0 N–H and O–H groups in total. The van der Waals surface area contributed by atoms with E-state index in [0.717, 1.165) is 56.5 Å². The van der Waals surface area contributed by atoms with E-state index in [-0.39, 0.29) is 11.9 Å². The zero-order valence-corrected chi connectivity index (χ0v) is 17.9. The zero-order valence-electron chi connectivity index (χ0n) is 17.9. The number of hydrogen-bond acceptors (Lipinski definition) is 5. The molecule has 1 aromatic heterocycles. The highest BCUT2D eigenvalue weighted by atomic mass is 16.2. The van der Waals surface area contributed by atoms with Gasteiger partial charge < -0.3 is 14.7 Å². The minimum Gasteiger partial charge on any atom is -0.359 e. The highest BCUT2D eigenvalue weighted by Gasteiger charge is 2.32. The molecule has 0 spiro atoms. The number of carbonyl (C=O) groups excluding carboxylic acids is 1. The maximum atomic E-state index is 13.2. The zero-order chi connectivity index (χ0) is 20.5. The van der Waals surface area contributed by atoms with Crippen LogP contribution in [0.4, 0.5) is 11.5 Å². The normalized spacial score (nSPS) is 17.6. The Morgan fingerprint density at radius 1 is 1.00 bits per heavy atom. The summed E-state index contributed by atoms with van der Waals surface area (Å²) >= 11 is 0. The number of amides is 1. The first-order valence-corrected chi connectivity index (χ1v) is 10.7. The van der Waals surface area contributed by atoms with Gasteiger partial charge in [-0.2, -0.15) is 0 Å². The van der Waals surface area contributed by atoms with E-state index in [1.165, 1.54) is 11.3 Å². The smallest absolute Gasteiger partial charge is 0.245 e. The van der Waals surface area contributed by atoms with Crippen LogP contribution in [0, 0.1) is 6.92 Å². The first-order valence-electron chi connectivity index (χ1n) is 10.7. The van der Waals surface area contributed by atoms with Crippen molar-refractivity contribution in [1.29, 1.82) is 0 Å². The van der Waals surface area contributed by atoms with Gasteiger partial charge in [0.1, 0.15) is 17.7 Å². The number of carbonyl (C=O) groups is 1. The van der Waals surface area contributed by atoms with Gasteiger partial charge in [0.15, 0.2) is 0 Å². The lowest BCUT2D eigenvalue weighted by molar-refractivity contribution is -0.132. The highest BCUT2D eigenvalue weighted by molar-refractivity contribution is 5.86. The maximum absolute atomic E-state index is 13.2. The van der Waals surface area contributed by atoms with Crippen molar-refractivity contribution in [3.63, 3.8) is 0 Å². The van der Waals surface area contributed by atoms with E-state index in [9.17, 15) is 4.79 Å². The van der Waals surface area contributed by atoms with E-state index in [0.29, 0.717) is 5.92 Å². The van der Waals surface area contributed by atoms with Gasteiger partial charge in [-0.15, -0.1) is 0 Å². The summed E-state index contributed by atoms with van der Waals surface area (Å²) < 4.78 is 0. The summed E-state index contributed by atoms with van der Waals surface area (Å²) in [5.74, 6) is 2.40. The van der Waals surface area contributed by atoms with Gasteiger partial charge in [-0.25, -0.2) is 9.97 Å². The molecule has 6 nitrogen and oxygen atoms in total. The van der Waals surface area contributed by atoms with Crippen molar-refractivity contribution in [2.45, 2.75) is 46.1 Å². The van der Waals surface area contributed by atoms with Gasteiger partial charge in [0.05, 0.1) is 0 Å². The number of rotatable bonds is 4. The van der Waals surface area contributed by atoms with Crippen LogP contribution in [0.25, 0.3) is 0 Å². The number of anilines is 2. The molecule has 0 aliphatic carbocycles. The van der Waals surface area contributed by atoms with Gasteiger partial charge in [0.25, 0.3) is 0 Å². The molecule has 1 fully saturated rings. The SMILES string of the molecule is Cc1cc(N2CCN(C(=O)[C@@H](C)N3CCc4ccccc43)CC2)nc(C(C)C)n1. The minimum atomic E-state index is -0.126. The van der Waals surface area contributed by atoms with E-state index in [1.807, 2.05) is 24.8 Å². The van der Waals surface area contributed by atoms with Crippen molar-refractivity contribution in [3.05, 3.63) is 47.4 Å². The fourth-order valence-corrected chi connectivity index (χ4v) is 4.31. The Balaban J connectivity index is 1.40. The number of benzene rings is 1. The van der Waals surface area contributed by atoms with E-state index in [2.05, 4.69) is 52.9 Å². The lowest BCUT2D eigenvalue weighted by atomic mass is 10.1. The second-order valence-corrected chi connectivity index (χ2v) is 8.44. The molecular formula is C23H31N5O. The molecule has 3 heterocycles. The molecule has 6 heteroatoms. The molecule has 1 amide bonds. The largest absolute Gasteiger partial charge is 0.359 e. The molecule has 0 unspecified atom stereocenters. The van der Waals surface area contributed by atoms with Crippen LogP contribution >= 0.6 is 0 Å². The Hall–Kier alpha value is -2.63. The topological polar surface area (TPSA) is 52.6 Å².